The van der Waals surface area contributed by atoms with Crippen molar-refractivity contribution in [2.75, 3.05) is 11.0 Å². The molecule has 0 saturated heterocycles. The van der Waals surface area contributed by atoms with Crippen LogP contribution in [0.25, 0.3) is 0 Å². The molecule has 0 aromatic heterocycles. The Labute approximate surface area is 128 Å². The van der Waals surface area contributed by atoms with E-state index in [-0.39, 0.29) is 16.3 Å². The molecule has 0 amide bonds. The van der Waals surface area contributed by atoms with Crippen LogP contribution in [-0.4, -0.2) is 23.1 Å². The number of anilines is 1. The molecule has 0 atom stereocenters. The van der Waals surface area contributed by atoms with Gasteiger partial charge in [0.1, 0.15) is 5.82 Å². The average molecular weight is 343 g/mol. The third-order valence-corrected chi connectivity index (χ3v) is 4.98. The van der Waals surface area contributed by atoms with Gasteiger partial charge in [-0.05, 0) is 29.8 Å². The summed E-state index contributed by atoms with van der Waals surface area (Å²) in [5.41, 5.74) is 0.474. The molecule has 0 heterocycles. The summed E-state index contributed by atoms with van der Waals surface area (Å²) in [5, 5.41) is 0. The van der Waals surface area contributed by atoms with Crippen LogP contribution in [0.15, 0.2) is 53.4 Å². The molecule has 0 aliphatic heterocycles. The predicted molar refractivity (Wildman–Crippen MR) is 82.2 cm³/mol. The van der Waals surface area contributed by atoms with E-state index >= 15 is 0 Å². The Kier molecular flexibility index (Phi) is 4.52. The van der Waals surface area contributed by atoms with Crippen molar-refractivity contribution in [2.45, 2.75) is 10.6 Å². The lowest BCUT2D eigenvalue weighted by Crippen LogP contribution is -2.15. The molecule has 0 radical (unpaired) electrons. The van der Waals surface area contributed by atoms with Gasteiger partial charge < -0.3 is 0 Å². The molecule has 0 aliphatic carbocycles. The van der Waals surface area contributed by atoms with E-state index < -0.39 is 25.7 Å². The summed E-state index contributed by atoms with van der Waals surface area (Å²) in [6.45, 7) is 0. The zero-order chi connectivity index (χ0) is 16.4. The third-order valence-electron chi connectivity index (χ3n) is 2.79. The smallest absolute Gasteiger partial charge is 0.262 e. The lowest BCUT2D eigenvalue weighted by molar-refractivity contribution is 0.594. The average Bonchev–Trinajstić information content (AvgIpc) is 2.39. The number of para-hydroxylation sites is 1. The van der Waals surface area contributed by atoms with Crippen molar-refractivity contribution in [3.63, 3.8) is 0 Å². The summed E-state index contributed by atoms with van der Waals surface area (Å²) in [6, 6.07) is 10.7. The van der Waals surface area contributed by atoms with Gasteiger partial charge >= 0.3 is 0 Å². The molecule has 1 N–H and O–H groups in total. The zero-order valence-corrected chi connectivity index (χ0v) is 13.3. The summed E-state index contributed by atoms with van der Waals surface area (Å²) >= 11 is 0. The fourth-order valence-electron chi connectivity index (χ4n) is 1.87. The van der Waals surface area contributed by atoms with Crippen LogP contribution in [0.3, 0.4) is 0 Å². The lowest BCUT2D eigenvalue weighted by atomic mass is 10.2. The number of benzene rings is 2. The van der Waals surface area contributed by atoms with Crippen molar-refractivity contribution in [1.82, 2.24) is 0 Å². The van der Waals surface area contributed by atoms with E-state index in [1.807, 2.05) is 0 Å². The Bertz CT molecular complexity index is 893. The largest absolute Gasteiger partial charge is 0.279 e. The maximum absolute atomic E-state index is 13.2. The van der Waals surface area contributed by atoms with Gasteiger partial charge in [-0.2, -0.15) is 0 Å². The molecule has 118 valence electrons. The second-order valence-electron chi connectivity index (χ2n) is 4.79. The van der Waals surface area contributed by atoms with Crippen LogP contribution in [-0.2, 0) is 25.6 Å². The topological polar surface area (TPSA) is 80.3 Å². The number of nitrogens with one attached hydrogen (secondary N) is 1. The van der Waals surface area contributed by atoms with Crippen LogP contribution < -0.4 is 4.72 Å². The van der Waals surface area contributed by atoms with Gasteiger partial charge in [0.25, 0.3) is 10.0 Å². The summed E-state index contributed by atoms with van der Waals surface area (Å²) in [4.78, 5) is -0.235. The highest BCUT2D eigenvalue weighted by Gasteiger charge is 2.17. The van der Waals surface area contributed by atoms with Gasteiger partial charge in [-0.25, -0.2) is 21.2 Å². The molecular formula is C14H14FNO4S2. The van der Waals surface area contributed by atoms with Crippen LogP contribution in [0.2, 0.25) is 0 Å². The van der Waals surface area contributed by atoms with Gasteiger partial charge in [-0.15, -0.1) is 0 Å². The van der Waals surface area contributed by atoms with Crippen molar-refractivity contribution in [3.8, 4) is 0 Å². The Morgan fingerprint density at radius 3 is 2.32 bits per heavy atom. The van der Waals surface area contributed by atoms with Crippen molar-refractivity contribution in [2.24, 2.45) is 0 Å². The minimum Gasteiger partial charge on any atom is -0.279 e. The number of sulfonamides is 1. The van der Waals surface area contributed by atoms with E-state index in [9.17, 15) is 21.2 Å². The number of hydrogen-bond donors (Lipinski definition) is 1. The third kappa shape index (κ3) is 4.28. The molecule has 0 spiro atoms. The standard InChI is InChI=1S/C14H14FNO4S2/c1-21(17,18)10-11-5-2-3-8-14(11)16-22(19,20)13-7-4-6-12(15)9-13/h2-9,16H,10H2,1H3. The van der Waals surface area contributed by atoms with Crippen LogP contribution in [0, 0.1) is 5.82 Å². The van der Waals surface area contributed by atoms with Gasteiger partial charge in [0, 0.05) is 6.26 Å². The van der Waals surface area contributed by atoms with Crippen molar-refractivity contribution >= 4 is 25.5 Å². The Morgan fingerprint density at radius 1 is 1.00 bits per heavy atom. The molecule has 0 aliphatic rings. The van der Waals surface area contributed by atoms with Gasteiger partial charge in [-0.1, -0.05) is 24.3 Å². The number of hydrogen-bond acceptors (Lipinski definition) is 4. The Balaban J connectivity index is 2.38. The minimum absolute atomic E-state index is 0.150. The molecular weight excluding hydrogens is 329 g/mol. The summed E-state index contributed by atoms with van der Waals surface area (Å²) in [5.74, 6) is -0.971. The summed E-state index contributed by atoms with van der Waals surface area (Å²) in [6.07, 6.45) is 1.06. The first-order chi connectivity index (χ1) is 10.2. The predicted octanol–water partition coefficient (Wildman–Crippen LogP) is 2.17. The van der Waals surface area contributed by atoms with Crippen LogP contribution in [0.4, 0.5) is 10.1 Å². The molecule has 0 unspecified atom stereocenters. The van der Waals surface area contributed by atoms with Crippen LogP contribution in [0.5, 0.6) is 0 Å². The Morgan fingerprint density at radius 2 is 1.68 bits per heavy atom. The van der Waals surface area contributed by atoms with E-state index in [0.717, 1.165) is 18.4 Å². The minimum atomic E-state index is -4.00. The first-order valence-corrected chi connectivity index (χ1v) is 9.76. The molecule has 0 fully saturated rings. The quantitative estimate of drug-likeness (QED) is 0.902. The first-order valence-electron chi connectivity index (χ1n) is 6.21. The van der Waals surface area contributed by atoms with Crippen LogP contribution in [0.1, 0.15) is 5.56 Å². The second kappa shape index (κ2) is 6.05. The van der Waals surface area contributed by atoms with E-state index in [1.54, 1.807) is 12.1 Å². The van der Waals surface area contributed by atoms with E-state index in [1.165, 1.54) is 24.3 Å². The molecule has 2 rings (SSSR count). The van der Waals surface area contributed by atoms with E-state index in [0.29, 0.717) is 5.56 Å². The monoisotopic (exact) mass is 343 g/mol. The molecule has 0 bridgehead atoms. The number of halogens is 1. The zero-order valence-electron chi connectivity index (χ0n) is 11.7. The van der Waals surface area contributed by atoms with Crippen molar-refractivity contribution in [1.29, 1.82) is 0 Å². The highest BCUT2D eigenvalue weighted by atomic mass is 32.2. The molecule has 8 heteroatoms. The van der Waals surface area contributed by atoms with E-state index in [4.69, 9.17) is 0 Å². The summed E-state index contributed by atoms with van der Waals surface area (Å²) < 4.78 is 62.8. The molecule has 22 heavy (non-hydrogen) atoms. The summed E-state index contributed by atoms with van der Waals surface area (Å²) in [7, 11) is -7.32. The SMILES string of the molecule is CS(=O)(=O)Cc1ccccc1NS(=O)(=O)c1cccc(F)c1. The van der Waals surface area contributed by atoms with E-state index in [2.05, 4.69) is 4.72 Å². The van der Waals surface area contributed by atoms with Gasteiger partial charge in [0.05, 0.1) is 16.3 Å². The molecule has 5 nitrogen and oxygen atoms in total. The molecule has 0 saturated carbocycles. The highest BCUT2D eigenvalue weighted by molar-refractivity contribution is 7.92. The van der Waals surface area contributed by atoms with Crippen LogP contribution >= 0.6 is 0 Å². The fourth-order valence-corrected chi connectivity index (χ4v) is 3.81. The number of sulfone groups is 1. The normalized spacial score (nSPS) is 12.1. The highest BCUT2D eigenvalue weighted by Crippen LogP contribution is 2.22. The molecule has 2 aromatic carbocycles. The second-order valence-corrected chi connectivity index (χ2v) is 8.61. The number of rotatable bonds is 5. The maximum Gasteiger partial charge on any atom is 0.262 e. The Hall–Kier alpha value is -1.93. The van der Waals surface area contributed by atoms with Gasteiger partial charge in [-0.3, -0.25) is 4.72 Å². The van der Waals surface area contributed by atoms with Gasteiger partial charge in [0.15, 0.2) is 9.84 Å². The lowest BCUT2D eigenvalue weighted by Gasteiger charge is -2.12. The fraction of sp³-hybridized carbons (Fsp3) is 0.143. The first kappa shape index (κ1) is 16.4. The molecule has 2 aromatic rings. The van der Waals surface area contributed by atoms with Crippen molar-refractivity contribution in [3.05, 3.63) is 59.9 Å². The maximum atomic E-state index is 13.2. The van der Waals surface area contributed by atoms with Gasteiger partial charge in [0.2, 0.25) is 0 Å². The van der Waals surface area contributed by atoms with Crippen molar-refractivity contribution < 1.29 is 21.2 Å².